The van der Waals surface area contributed by atoms with Crippen molar-refractivity contribution in [2.75, 3.05) is 6.61 Å². The summed E-state index contributed by atoms with van der Waals surface area (Å²) in [5.74, 6) is -0.303. The fraction of sp³-hybridized carbons (Fsp3) is 0.182. The van der Waals surface area contributed by atoms with Crippen LogP contribution in [0.3, 0.4) is 0 Å². The van der Waals surface area contributed by atoms with Crippen molar-refractivity contribution in [1.82, 2.24) is 4.57 Å². The van der Waals surface area contributed by atoms with E-state index in [1.807, 2.05) is 55.6 Å². The lowest BCUT2D eigenvalue weighted by Gasteiger charge is -2.11. The molecular formula is C22H21IN2O2. The van der Waals surface area contributed by atoms with E-state index < -0.39 is 0 Å². The molecule has 0 saturated heterocycles. The van der Waals surface area contributed by atoms with Crippen LogP contribution >= 0.6 is 22.6 Å². The van der Waals surface area contributed by atoms with Gasteiger partial charge in [-0.05, 0) is 85.8 Å². The van der Waals surface area contributed by atoms with Gasteiger partial charge in [-0.3, -0.25) is 4.99 Å². The van der Waals surface area contributed by atoms with Crippen molar-refractivity contribution in [2.24, 2.45) is 4.99 Å². The first-order chi connectivity index (χ1) is 13.0. The number of esters is 1. The van der Waals surface area contributed by atoms with Crippen LogP contribution in [0.1, 0.15) is 34.2 Å². The normalized spacial score (nSPS) is 11.1. The van der Waals surface area contributed by atoms with Crippen molar-refractivity contribution in [3.63, 3.8) is 0 Å². The molecule has 0 aliphatic heterocycles. The number of aryl methyl sites for hydroxylation is 1. The van der Waals surface area contributed by atoms with Crippen LogP contribution in [-0.2, 0) is 4.74 Å². The van der Waals surface area contributed by atoms with Gasteiger partial charge in [-0.25, -0.2) is 4.79 Å². The molecule has 0 aliphatic carbocycles. The van der Waals surface area contributed by atoms with Crippen molar-refractivity contribution >= 4 is 40.5 Å². The summed E-state index contributed by atoms with van der Waals surface area (Å²) in [6.07, 6.45) is 1.89. The topological polar surface area (TPSA) is 43.6 Å². The van der Waals surface area contributed by atoms with Crippen molar-refractivity contribution in [2.45, 2.75) is 20.8 Å². The van der Waals surface area contributed by atoms with E-state index in [1.165, 1.54) is 0 Å². The van der Waals surface area contributed by atoms with Crippen LogP contribution in [0.2, 0.25) is 0 Å². The summed E-state index contributed by atoms with van der Waals surface area (Å²) in [7, 11) is 0. The van der Waals surface area contributed by atoms with Gasteiger partial charge < -0.3 is 9.30 Å². The van der Waals surface area contributed by atoms with Gasteiger partial charge in [-0.1, -0.05) is 12.1 Å². The number of halogens is 1. The summed E-state index contributed by atoms with van der Waals surface area (Å²) < 4.78 is 8.39. The molecule has 1 heterocycles. The minimum absolute atomic E-state index is 0.303. The number of ether oxygens (including phenoxy) is 1. The van der Waals surface area contributed by atoms with Gasteiger partial charge in [0.15, 0.2) is 0 Å². The third-order valence-corrected chi connectivity index (χ3v) is 4.92. The number of hydrogen-bond donors (Lipinski definition) is 0. The van der Waals surface area contributed by atoms with E-state index in [4.69, 9.17) is 4.74 Å². The SMILES string of the molecule is CCOC(=O)c1cccc(-n2c(C)cc(C=Nc3cccc(I)c3)c2C)c1. The molecule has 0 fully saturated rings. The fourth-order valence-electron chi connectivity index (χ4n) is 3.00. The number of nitrogens with zero attached hydrogens (tertiary/aromatic N) is 2. The summed E-state index contributed by atoms with van der Waals surface area (Å²) in [5, 5.41) is 0. The van der Waals surface area contributed by atoms with Crippen LogP contribution in [0, 0.1) is 17.4 Å². The molecule has 2 aromatic carbocycles. The Kier molecular flexibility index (Phi) is 6.11. The zero-order valence-electron chi connectivity index (χ0n) is 15.6. The first-order valence-electron chi connectivity index (χ1n) is 8.75. The largest absolute Gasteiger partial charge is 0.462 e. The molecule has 0 radical (unpaired) electrons. The van der Waals surface area contributed by atoms with Crippen molar-refractivity contribution in [3.05, 3.63) is 80.7 Å². The Labute approximate surface area is 173 Å². The minimum Gasteiger partial charge on any atom is -0.462 e. The highest BCUT2D eigenvalue weighted by Crippen LogP contribution is 2.22. The molecule has 0 atom stereocenters. The van der Waals surface area contributed by atoms with Gasteiger partial charge in [-0.15, -0.1) is 0 Å². The molecule has 0 bridgehead atoms. The Morgan fingerprint density at radius 2 is 1.93 bits per heavy atom. The van der Waals surface area contributed by atoms with Gasteiger partial charge in [0.25, 0.3) is 0 Å². The average molecular weight is 472 g/mol. The zero-order chi connectivity index (χ0) is 19.4. The van der Waals surface area contributed by atoms with Gasteiger partial charge in [0, 0.05) is 32.4 Å². The Balaban J connectivity index is 1.94. The molecule has 0 aliphatic rings. The second-order valence-corrected chi connectivity index (χ2v) is 7.42. The molecule has 0 N–H and O–H groups in total. The summed E-state index contributed by atoms with van der Waals surface area (Å²) in [6, 6.07) is 17.7. The number of aromatic nitrogens is 1. The number of carbonyl (C=O) groups excluding carboxylic acids is 1. The Morgan fingerprint density at radius 1 is 1.15 bits per heavy atom. The molecule has 3 aromatic rings. The second kappa shape index (κ2) is 8.52. The molecule has 0 saturated carbocycles. The third kappa shape index (κ3) is 4.47. The highest BCUT2D eigenvalue weighted by atomic mass is 127. The average Bonchev–Trinajstić information content (AvgIpc) is 2.94. The Bertz CT molecular complexity index is 1010. The lowest BCUT2D eigenvalue weighted by atomic mass is 10.2. The quantitative estimate of drug-likeness (QED) is 0.275. The molecule has 1 aromatic heterocycles. The summed E-state index contributed by atoms with van der Waals surface area (Å²) >= 11 is 2.28. The smallest absolute Gasteiger partial charge is 0.338 e. The van der Waals surface area contributed by atoms with Crippen LogP contribution in [0.5, 0.6) is 0 Å². The maximum absolute atomic E-state index is 12.0. The van der Waals surface area contributed by atoms with E-state index >= 15 is 0 Å². The number of benzene rings is 2. The number of hydrogen-bond acceptors (Lipinski definition) is 3. The molecule has 4 nitrogen and oxygen atoms in total. The third-order valence-electron chi connectivity index (χ3n) is 4.25. The summed E-state index contributed by atoms with van der Waals surface area (Å²) in [4.78, 5) is 16.6. The van der Waals surface area contributed by atoms with Crippen LogP contribution < -0.4 is 0 Å². The second-order valence-electron chi connectivity index (χ2n) is 6.17. The zero-order valence-corrected chi connectivity index (χ0v) is 17.7. The molecular weight excluding hydrogens is 451 g/mol. The van der Waals surface area contributed by atoms with E-state index in [0.717, 1.165) is 31.9 Å². The molecule has 27 heavy (non-hydrogen) atoms. The monoisotopic (exact) mass is 472 g/mol. The fourth-order valence-corrected chi connectivity index (χ4v) is 3.53. The maximum Gasteiger partial charge on any atom is 0.338 e. The predicted octanol–water partition coefficient (Wildman–Crippen LogP) is 5.63. The van der Waals surface area contributed by atoms with E-state index in [-0.39, 0.29) is 5.97 Å². The minimum atomic E-state index is -0.303. The van der Waals surface area contributed by atoms with Crippen molar-refractivity contribution in [3.8, 4) is 5.69 Å². The highest BCUT2D eigenvalue weighted by molar-refractivity contribution is 14.1. The van der Waals surface area contributed by atoms with Gasteiger partial charge in [0.2, 0.25) is 0 Å². The highest BCUT2D eigenvalue weighted by Gasteiger charge is 2.12. The number of aliphatic imine (C=N–C) groups is 1. The van der Waals surface area contributed by atoms with Crippen LogP contribution in [0.25, 0.3) is 5.69 Å². The predicted molar refractivity (Wildman–Crippen MR) is 118 cm³/mol. The van der Waals surface area contributed by atoms with Crippen LogP contribution in [0.4, 0.5) is 5.69 Å². The van der Waals surface area contributed by atoms with Gasteiger partial charge in [0.1, 0.15) is 0 Å². The molecule has 5 heteroatoms. The summed E-state index contributed by atoms with van der Waals surface area (Å²) in [6.45, 7) is 6.28. The molecule has 3 rings (SSSR count). The van der Waals surface area contributed by atoms with Crippen LogP contribution in [-0.4, -0.2) is 23.4 Å². The van der Waals surface area contributed by atoms with E-state index in [1.54, 1.807) is 13.0 Å². The molecule has 138 valence electrons. The molecule has 0 unspecified atom stereocenters. The van der Waals surface area contributed by atoms with Gasteiger partial charge in [-0.2, -0.15) is 0 Å². The van der Waals surface area contributed by atoms with E-state index in [9.17, 15) is 4.79 Å². The van der Waals surface area contributed by atoms with Gasteiger partial charge >= 0.3 is 5.97 Å². The standard InChI is InChI=1S/C22H21IN2O2/c1-4-27-22(26)17-7-5-10-21(12-17)25-15(2)11-18(16(25)3)14-24-20-9-6-8-19(23)13-20/h5-14H,4H2,1-3H3. The number of carbonyl (C=O) groups is 1. The molecule has 0 spiro atoms. The van der Waals surface area contributed by atoms with Crippen molar-refractivity contribution < 1.29 is 9.53 Å². The van der Waals surface area contributed by atoms with E-state index in [2.05, 4.69) is 45.1 Å². The number of rotatable bonds is 5. The Morgan fingerprint density at radius 3 is 2.67 bits per heavy atom. The first kappa shape index (κ1) is 19.4. The lowest BCUT2D eigenvalue weighted by molar-refractivity contribution is 0.0526. The molecule has 0 amide bonds. The van der Waals surface area contributed by atoms with E-state index in [0.29, 0.717) is 12.2 Å². The summed E-state index contributed by atoms with van der Waals surface area (Å²) in [5.41, 5.74) is 5.62. The van der Waals surface area contributed by atoms with Gasteiger partial charge in [0.05, 0.1) is 17.9 Å². The first-order valence-corrected chi connectivity index (χ1v) is 9.83. The van der Waals surface area contributed by atoms with Crippen LogP contribution in [0.15, 0.2) is 59.6 Å². The Hall–Kier alpha value is -2.41. The lowest BCUT2D eigenvalue weighted by Crippen LogP contribution is -2.06. The van der Waals surface area contributed by atoms with Crippen molar-refractivity contribution in [1.29, 1.82) is 0 Å². The maximum atomic E-state index is 12.0.